The summed E-state index contributed by atoms with van der Waals surface area (Å²) < 4.78 is 115. The van der Waals surface area contributed by atoms with Crippen LogP contribution >= 0.6 is 0 Å². The molecule has 4 saturated heterocycles. The molecular formula is C109H154N8O30S3. The van der Waals surface area contributed by atoms with Gasteiger partial charge < -0.3 is 77.2 Å². The van der Waals surface area contributed by atoms with Crippen LogP contribution in [-0.4, -0.2) is 278 Å². The molecule has 0 bridgehead atoms. The van der Waals surface area contributed by atoms with Gasteiger partial charge in [0.2, 0.25) is 23.6 Å². The second-order valence-corrected chi connectivity index (χ2v) is 45.1. The summed E-state index contributed by atoms with van der Waals surface area (Å²) in [5.41, 5.74) is 4.35. The minimum absolute atomic E-state index is 0.0101. The lowest BCUT2D eigenvalue weighted by Gasteiger charge is -2.41. The van der Waals surface area contributed by atoms with E-state index < -0.39 is 119 Å². The van der Waals surface area contributed by atoms with Gasteiger partial charge in [0.25, 0.3) is 0 Å². The van der Waals surface area contributed by atoms with Gasteiger partial charge in [0.15, 0.2) is 41.0 Å². The van der Waals surface area contributed by atoms with Crippen LogP contribution < -0.4 is 36.6 Å². The highest BCUT2D eigenvalue weighted by Gasteiger charge is 2.52. The minimum atomic E-state index is -3.92. The predicted octanol–water partition coefficient (Wildman–Crippen LogP) is 8.88. The largest absolute Gasteiger partial charge is 0.748 e. The monoisotopic (exact) mass is 2150 g/mol. The number of hydrogen-bond acceptors (Lipinski definition) is 31. The van der Waals surface area contributed by atoms with Crippen LogP contribution in [0.1, 0.15) is 197 Å². The van der Waals surface area contributed by atoms with Gasteiger partial charge in [-0.3, -0.25) is 62.3 Å². The number of nitrogens with one attached hydrogen (secondary N) is 4. The number of rotatable bonds is 53. The molecule has 0 unspecified atom stereocenters. The first-order valence-electron chi connectivity index (χ1n) is 50.2. The van der Waals surface area contributed by atoms with Crippen LogP contribution in [0.4, 0.5) is 0 Å². The summed E-state index contributed by atoms with van der Waals surface area (Å²) in [6.07, 6.45) is 7.33. The van der Waals surface area contributed by atoms with Crippen molar-refractivity contribution in [2.45, 2.75) is 221 Å². The van der Waals surface area contributed by atoms with Crippen LogP contribution in [0.2, 0.25) is 0 Å². The zero-order valence-corrected chi connectivity index (χ0v) is 91.9. The molecule has 4 aliphatic heterocycles. The second-order valence-electron chi connectivity index (χ2n) is 40.9. The first kappa shape index (κ1) is 129. The molecule has 0 aliphatic carbocycles. The van der Waals surface area contributed by atoms with Crippen molar-refractivity contribution in [2.75, 3.05) is 112 Å². The maximum absolute atomic E-state index is 14.6. The number of hydrogen-bond donors (Lipinski definition) is 5. The van der Waals surface area contributed by atoms with E-state index in [0.29, 0.717) is 176 Å². The average Bonchev–Trinajstić information content (AvgIpc) is 1.64. The van der Waals surface area contributed by atoms with E-state index >= 15 is 0 Å². The third kappa shape index (κ3) is 51.7. The molecule has 10 rings (SSSR count). The highest BCUT2D eigenvalue weighted by atomic mass is 32.2. The third-order valence-electron chi connectivity index (χ3n) is 24.9. The summed E-state index contributed by atoms with van der Waals surface area (Å²) in [7, 11) is -8.81. The Labute approximate surface area is 883 Å². The number of esters is 2. The Hall–Kier alpha value is -11.3. The van der Waals surface area contributed by atoms with Gasteiger partial charge >= 0.3 is 11.9 Å². The molecule has 6 aromatic rings. The molecule has 4 fully saturated rings. The molecule has 0 aromatic heterocycles. The smallest absolute Gasteiger partial charge is 0.308 e. The summed E-state index contributed by atoms with van der Waals surface area (Å²) >= 11 is 0. The Balaban J connectivity index is 0.000000453. The van der Waals surface area contributed by atoms with E-state index in [1.807, 2.05) is 189 Å². The van der Waals surface area contributed by atoms with Crippen LogP contribution in [0.15, 0.2) is 163 Å². The summed E-state index contributed by atoms with van der Waals surface area (Å²) in [4.78, 5) is 187. The fourth-order valence-corrected chi connectivity index (χ4v) is 17.6. The molecule has 7 N–H and O–H groups in total. The average molecular weight is 2150 g/mol. The number of epoxide rings is 2. The molecule has 10 atom stereocenters. The molecule has 6 aromatic carbocycles. The number of nitrogens with zero attached hydrogens (tertiary/aromatic N) is 3. The number of benzene rings is 6. The van der Waals surface area contributed by atoms with Gasteiger partial charge in [-0.15, -0.1) is 0 Å². The van der Waals surface area contributed by atoms with E-state index in [0.717, 1.165) is 33.4 Å². The van der Waals surface area contributed by atoms with Crippen molar-refractivity contribution in [3.05, 3.63) is 202 Å². The first-order valence-corrected chi connectivity index (χ1v) is 55.7. The molecule has 828 valence electrons. The molecule has 41 heteroatoms. The lowest BCUT2D eigenvalue weighted by Crippen LogP contribution is -2.57. The Morgan fingerprint density at radius 3 is 0.993 bits per heavy atom. The molecule has 0 spiro atoms. The van der Waals surface area contributed by atoms with E-state index in [1.54, 1.807) is 38.1 Å². The molecule has 4 amide bonds. The van der Waals surface area contributed by atoms with E-state index in [-0.39, 0.29) is 127 Å². The number of ketones is 6. The maximum atomic E-state index is 14.6. The summed E-state index contributed by atoms with van der Waals surface area (Å²) in [6.45, 7) is 27.6. The zero-order chi connectivity index (χ0) is 112. The van der Waals surface area contributed by atoms with E-state index in [9.17, 15) is 62.3 Å². The first-order chi connectivity index (χ1) is 70.4. The standard InChI is InChI=1S/C53H70N4O10.C52H67N3O10.CH6NO.3CH4O3S/c1-36(2)26-46(48(60)31-43(28-40-16-12-9-13-17-40)52(63)56-47(27-37(3)4)50(61)53(6)35-66-53)55-51(62)42(20-18-39-14-10-8-11-15-39)30-45(59)34-57(22-24-65-25-23-57)33-41-19-21-49(67-38(5)58)44(29-41)32-54-64-7;1-35(2)25-45(47(59)30-42(27-39-15-11-8-12-16-39)51(62)54-46(26-36(3)4)49(60)52(6)34-64-52)53-50(61)41(19-17-38-13-9-7-10-14-38)29-44(58)32-55(21-23-63-24-22-55)31-40-18-20-48(65-37(5)57)43(28-40)33-56;1-3-2;3*1-5(2,3)4/h8-17,19,21,29,32,36-37,42-43,46-47H,18,20,22-28,30-31,33-35H2,1-7H3,(H-,55,56,62,63);7-16,18,20,28,33,35-36,41-42,45-46H,17,19,21-27,29-32,34H2,1-6H3,(H-,53,54,61,62);1-2H3;3*1H3,(H,2,3,4)/q;;+1;;;/p-1/b54-32+;;;;;/t42-,43-,46+,47+,53-;41-,42-,45+,46+,52-;;;;/m11..../s1. The van der Waals surface area contributed by atoms with Gasteiger partial charge in [-0.1, -0.05) is 182 Å². The molecule has 0 saturated carbocycles. The highest BCUT2D eigenvalue weighted by Crippen LogP contribution is 2.35. The number of aldehydes is 1. The summed E-state index contributed by atoms with van der Waals surface area (Å²) in [5.74, 6) is -3.17. The Morgan fingerprint density at radius 2 is 0.707 bits per heavy atom. The number of aryl methyl sites for hydroxylation is 2. The van der Waals surface area contributed by atoms with Gasteiger partial charge in [-0.05, 0) is 160 Å². The lowest BCUT2D eigenvalue weighted by atomic mass is 9.87. The van der Waals surface area contributed by atoms with Crippen LogP contribution in [0.3, 0.4) is 0 Å². The van der Waals surface area contributed by atoms with Crippen molar-refractivity contribution < 1.29 is 154 Å². The lowest BCUT2D eigenvalue weighted by molar-refractivity contribution is -0.940. The van der Waals surface area contributed by atoms with Crippen molar-refractivity contribution in [2.24, 2.45) is 52.5 Å². The van der Waals surface area contributed by atoms with Crippen molar-refractivity contribution in [3.8, 4) is 11.5 Å². The van der Waals surface area contributed by atoms with E-state index in [1.165, 1.54) is 34.3 Å². The Bertz CT molecular complexity index is 5660. The number of ether oxygens (including phenoxy) is 6. The number of oxime groups is 1. The quantitative estimate of drug-likeness (QED) is 0.00347. The van der Waals surface area contributed by atoms with Crippen LogP contribution in [-0.2, 0) is 155 Å². The van der Waals surface area contributed by atoms with Gasteiger partial charge in [-0.2, -0.15) is 0 Å². The zero-order valence-electron chi connectivity index (χ0n) is 89.4. The number of carbonyl (C=O) groups is 13. The number of Topliss-reactive ketones (excluding diaryl/α,β-unsaturated/α-hetero) is 6. The number of quaternary nitrogens is 3. The normalized spacial score (nSPS) is 17.5. The number of amides is 4. The van der Waals surface area contributed by atoms with Gasteiger partial charge in [-0.25, -0.2) is 36.0 Å². The van der Waals surface area contributed by atoms with Crippen molar-refractivity contribution in [1.82, 2.24) is 21.3 Å². The van der Waals surface area contributed by atoms with Crippen LogP contribution in [0, 0.1) is 47.3 Å². The van der Waals surface area contributed by atoms with Gasteiger partial charge in [0.05, 0.1) is 113 Å². The molecule has 4 aliphatic rings. The van der Waals surface area contributed by atoms with Crippen molar-refractivity contribution in [3.63, 3.8) is 0 Å². The maximum Gasteiger partial charge on any atom is 0.308 e. The topological polar surface area (TPSA) is 562 Å². The molecule has 4 heterocycles. The fourth-order valence-electron chi connectivity index (χ4n) is 17.6. The van der Waals surface area contributed by atoms with Crippen molar-refractivity contribution >= 4 is 113 Å². The van der Waals surface area contributed by atoms with Gasteiger partial charge in [0, 0.05) is 98.7 Å². The summed E-state index contributed by atoms with van der Waals surface area (Å²) in [5, 5.41) is 16.0. The molecular weight excluding hydrogens is 2000 g/mol. The second kappa shape index (κ2) is 63.3. The van der Waals surface area contributed by atoms with E-state index in [4.69, 9.17) is 72.2 Å². The number of carbonyl (C=O) groups excluding carboxylic acids is 13. The van der Waals surface area contributed by atoms with Crippen molar-refractivity contribution in [1.29, 1.82) is 0 Å². The molecule has 0 radical (unpaired) electrons. The number of morpholine rings is 2. The SMILES string of the molecule is CC(=O)Oc1ccc(C[N+]2(CC(=O)C[C@@H](CCc3ccccc3)C(=O)N[C@@H](CC(C)C)C(=O)C[C@@H](Cc3ccccc3)C(=O)N[C@@H](CC(C)C)C(=O)[C@@]3(C)CO3)CCOCC2)cc1C=O.CO/N=C/c1cc(C[N+]2(CC(=O)C[C@@H](CCc3ccccc3)C(=O)N[C@@H](CC(C)C)C(=O)C[C@@H](Cc3ccccc3)C(=O)N[C@@H](CC(C)C)C(=O)[C@@]3(C)CO3)CCOCC2)ccc1OC(C)=O.CO[NH3+].CS(=O)(=O)[O-].CS(=O)(=O)[O-].CS(=O)(=O)[O-]. The van der Waals surface area contributed by atoms with Crippen LogP contribution in [0.25, 0.3) is 0 Å². The Morgan fingerprint density at radius 1 is 0.427 bits per heavy atom. The molecule has 38 nitrogen and oxygen atoms in total. The Kier molecular flexibility index (Phi) is 54.5. The third-order valence-corrected chi connectivity index (χ3v) is 24.9. The molecule has 150 heavy (non-hydrogen) atoms. The fraction of sp³-hybridized carbons (Fsp3) is 0.541. The predicted molar refractivity (Wildman–Crippen MR) is 558 cm³/mol. The summed E-state index contributed by atoms with van der Waals surface area (Å²) in [6, 6.07) is 45.5. The highest BCUT2D eigenvalue weighted by molar-refractivity contribution is 7.85. The minimum Gasteiger partial charge on any atom is -0.748 e. The van der Waals surface area contributed by atoms with E-state index in [2.05, 4.69) is 37.2 Å². The van der Waals surface area contributed by atoms with Gasteiger partial charge in [0.1, 0.15) is 82.2 Å². The van der Waals surface area contributed by atoms with Crippen LogP contribution in [0.5, 0.6) is 11.5 Å².